The molecule has 2 nitrogen and oxygen atoms in total. The second kappa shape index (κ2) is 5.14. The molecule has 0 atom stereocenters. The highest BCUT2D eigenvalue weighted by Crippen LogP contribution is 1.97. The van der Waals surface area contributed by atoms with Crippen LogP contribution in [0.25, 0.3) is 0 Å². The summed E-state index contributed by atoms with van der Waals surface area (Å²) in [6.45, 7) is 2.06. The molecular formula is C11H14N2. The number of hydrogen-bond acceptors (Lipinski definition) is 1. The van der Waals surface area contributed by atoms with Gasteiger partial charge in [-0.25, -0.2) is 4.99 Å². The quantitative estimate of drug-likeness (QED) is 0.554. The standard InChI is InChI=1S/C11H14N2/c1-2-3-9-13-11(12)10-7-5-4-6-8-10/h3-9H,2H2,1H3,(H2,12,13)/b9-3-. The number of amidine groups is 1. The summed E-state index contributed by atoms with van der Waals surface area (Å²) < 4.78 is 0. The lowest BCUT2D eigenvalue weighted by Crippen LogP contribution is -2.12. The number of nitrogens with zero attached hydrogens (tertiary/aromatic N) is 1. The maximum atomic E-state index is 5.73. The molecule has 0 radical (unpaired) electrons. The minimum atomic E-state index is 0.560. The Morgan fingerprint density at radius 3 is 2.69 bits per heavy atom. The van der Waals surface area contributed by atoms with Crippen molar-refractivity contribution in [3.8, 4) is 0 Å². The van der Waals surface area contributed by atoms with Crippen LogP contribution >= 0.6 is 0 Å². The first kappa shape index (κ1) is 9.52. The average molecular weight is 174 g/mol. The van der Waals surface area contributed by atoms with Gasteiger partial charge in [0.05, 0.1) is 0 Å². The normalized spacial score (nSPS) is 12.2. The molecule has 0 aliphatic heterocycles. The predicted octanol–water partition coefficient (Wildman–Crippen LogP) is 2.32. The summed E-state index contributed by atoms with van der Waals surface area (Å²) in [6.07, 6.45) is 4.68. The number of rotatable bonds is 3. The molecule has 0 aromatic heterocycles. The molecule has 0 bridgehead atoms. The summed E-state index contributed by atoms with van der Waals surface area (Å²) in [7, 11) is 0. The summed E-state index contributed by atoms with van der Waals surface area (Å²) in [6, 6.07) is 9.73. The molecule has 0 amide bonds. The van der Waals surface area contributed by atoms with E-state index in [0.29, 0.717) is 5.84 Å². The van der Waals surface area contributed by atoms with Crippen LogP contribution in [-0.4, -0.2) is 5.84 Å². The second-order valence-electron chi connectivity index (χ2n) is 2.67. The number of hydrogen-bond donors (Lipinski definition) is 1. The molecule has 1 aromatic rings. The maximum Gasteiger partial charge on any atom is 0.130 e. The van der Waals surface area contributed by atoms with Crippen molar-refractivity contribution < 1.29 is 0 Å². The van der Waals surface area contributed by atoms with E-state index in [1.807, 2.05) is 36.4 Å². The van der Waals surface area contributed by atoms with Crippen molar-refractivity contribution in [2.24, 2.45) is 10.7 Å². The van der Waals surface area contributed by atoms with E-state index in [9.17, 15) is 0 Å². The van der Waals surface area contributed by atoms with Gasteiger partial charge in [-0.15, -0.1) is 0 Å². The van der Waals surface area contributed by atoms with Gasteiger partial charge in [0, 0.05) is 11.8 Å². The third kappa shape index (κ3) is 3.11. The van der Waals surface area contributed by atoms with E-state index in [4.69, 9.17) is 5.73 Å². The van der Waals surface area contributed by atoms with Crippen molar-refractivity contribution in [2.45, 2.75) is 13.3 Å². The predicted molar refractivity (Wildman–Crippen MR) is 56.6 cm³/mol. The van der Waals surface area contributed by atoms with Gasteiger partial charge in [0.25, 0.3) is 0 Å². The van der Waals surface area contributed by atoms with E-state index in [-0.39, 0.29) is 0 Å². The first-order valence-electron chi connectivity index (χ1n) is 4.38. The average Bonchev–Trinajstić information content (AvgIpc) is 2.19. The largest absolute Gasteiger partial charge is 0.383 e. The number of benzene rings is 1. The Bertz CT molecular complexity index is 299. The Kier molecular flexibility index (Phi) is 3.76. The van der Waals surface area contributed by atoms with Crippen molar-refractivity contribution in [1.29, 1.82) is 0 Å². The minimum absolute atomic E-state index is 0.560. The van der Waals surface area contributed by atoms with E-state index in [1.54, 1.807) is 6.20 Å². The van der Waals surface area contributed by atoms with Crippen molar-refractivity contribution in [2.75, 3.05) is 0 Å². The van der Waals surface area contributed by atoms with Crippen LogP contribution in [0.15, 0.2) is 47.6 Å². The molecule has 1 aromatic carbocycles. The Balaban J connectivity index is 2.73. The van der Waals surface area contributed by atoms with E-state index < -0.39 is 0 Å². The van der Waals surface area contributed by atoms with Gasteiger partial charge in [-0.05, 0) is 6.42 Å². The molecule has 0 saturated carbocycles. The molecule has 1 rings (SSSR count). The third-order valence-electron chi connectivity index (χ3n) is 1.62. The van der Waals surface area contributed by atoms with Gasteiger partial charge in [0.15, 0.2) is 0 Å². The lowest BCUT2D eigenvalue weighted by atomic mass is 10.2. The third-order valence-corrected chi connectivity index (χ3v) is 1.62. The van der Waals surface area contributed by atoms with Gasteiger partial charge in [-0.1, -0.05) is 43.3 Å². The van der Waals surface area contributed by atoms with Gasteiger partial charge in [0.2, 0.25) is 0 Å². The minimum Gasteiger partial charge on any atom is -0.383 e. The molecule has 0 saturated heterocycles. The number of nitrogens with two attached hydrogens (primary N) is 1. The lowest BCUT2D eigenvalue weighted by molar-refractivity contribution is 1.21. The van der Waals surface area contributed by atoms with Gasteiger partial charge < -0.3 is 5.73 Å². The van der Waals surface area contributed by atoms with E-state index >= 15 is 0 Å². The molecule has 68 valence electrons. The number of aliphatic imine (C=N–C) groups is 1. The summed E-state index contributed by atoms with van der Waals surface area (Å²) in [5.41, 5.74) is 6.70. The van der Waals surface area contributed by atoms with Gasteiger partial charge >= 0.3 is 0 Å². The lowest BCUT2D eigenvalue weighted by Gasteiger charge is -1.96. The molecule has 0 unspecified atom stereocenters. The SMILES string of the molecule is CC/C=C\N=C(N)c1ccccc1. The molecule has 0 aliphatic rings. The Morgan fingerprint density at radius 1 is 1.38 bits per heavy atom. The van der Waals surface area contributed by atoms with Crippen LogP contribution in [0.3, 0.4) is 0 Å². The first-order chi connectivity index (χ1) is 6.34. The molecule has 2 N–H and O–H groups in total. The van der Waals surface area contributed by atoms with Gasteiger partial charge in [0.1, 0.15) is 5.84 Å². The van der Waals surface area contributed by atoms with Crippen molar-refractivity contribution in [3.63, 3.8) is 0 Å². The van der Waals surface area contributed by atoms with Gasteiger partial charge in [-0.3, -0.25) is 0 Å². The zero-order valence-corrected chi connectivity index (χ0v) is 7.77. The van der Waals surface area contributed by atoms with Gasteiger partial charge in [-0.2, -0.15) is 0 Å². The molecule has 0 spiro atoms. The fourth-order valence-electron chi connectivity index (χ4n) is 0.922. The van der Waals surface area contributed by atoms with E-state index in [2.05, 4.69) is 11.9 Å². The fourth-order valence-corrected chi connectivity index (χ4v) is 0.922. The zero-order chi connectivity index (χ0) is 9.52. The smallest absolute Gasteiger partial charge is 0.130 e. The van der Waals surface area contributed by atoms with E-state index in [1.165, 1.54) is 0 Å². The molecule has 0 fully saturated rings. The molecule has 2 heteroatoms. The van der Waals surface area contributed by atoms with Crippen LogP contribution < -0.4 is 5.73 Å². The fraction of sp³-hybridized carbons (Fsp3) is 0.182. The summed E-state index contributed by atoms with van der Waals surface area (Å²) in [5, 5.41) is 0. The van der Waals surface area contributed by atoms with Crippen LogP contribution in [0.1, 0.15) is 18.9 Å². The molecule has 0 heterocycles. The Morgan fingerprint density at radius 2 is 2.08 bits per heavy atom. The summed E-state index contributed by atoms with van der Waals surface area (Å²) in [5.74, 6) is 0.560. The van der Waals surface area contributed by atoms with Crippen molar-refractivity contribution in [1.82, 2.24) is 0 Å². The Labute approximate surface area is 78.8 Å². The Hall–Kier alpha value is -1.57. The molecule has 0 aliphatic carbocycles. The van der Waals surface area contributed by atoms with Crippen LogP contribution in [0.5, 0.6) is 0 Å². The highest BCUT2D eigenvalue weighted by Gasteiger charge is 1.92. The van der Waals surface area contributed by atoms with Crippen LogP contribution in [0.2, 0.25) is 0 Å². The zero-order valence-electron chi connectivity index (χ0n) is 7.77. The topological polar surface area (TPSA) is 38.4 Å². The van der Waals surface area contributed by atoms with Crippen LogP contribution in [0.4, 0.5) is 0 Å². The highest BCUT2D eigenvalue weighted by molar-refractivity contribution is 5.97. The van der Waals surface area contributed by atoms with E-state index in [0.717, 1.165) is 12.0 Å². The van der Waals surface area contributed by atoms with Crippen molar-refractivity contribution in [3.05, 3.63) is 48.2 Å². The second-order valence-corrected chi connectivity index (χ2v) is 2.67. The first-order valence-corrected chi connectivity index (χ1v) is 4.38. The van der Waals surface area contributed by atoms with Crippen LogP contribution in [0, 0.1) is 0 Å². The summed E-state index contributed by atoms with van der Waals surface area (Å²) >= 11 is 0. The maximum absolute atomic E-state index is 5.73. The highest BCUT2D eigenvalue weighted by atomic mass is 14.8. The number of allylic oxidation sites excluding steroid dienone is 1. The monoisotopic (exact) mass is 174 g/mol. The molecule has 13 heavy (non-hydrogen) atoms. The summed E-state index contributed by atoms with van der Waals surface area (Å²) in [4.78, 5) is 4.10. The van der Waals surface area contributed by atoms with Crippen LogP contribution in [-0.2, 0) is 0 Å². The molecular weight excluding hydrogens is 160 g/mol. The van der Waals surface area contributed by atoms with Crippen molar-refractivity contribution >= 4 is 5.84 Å².